The third-order valence-corrected chi connectivity index (χ3v) is 4.69. The van der Waals surface area contributed by atoms with Crippen molar-refractivity contribution in [1.29, 1.82) is 0 Å². The number of hydrogen-bond donors (Lipinski definition) is 2. The minimum Gasteiger partial charge on any atom is -0.394 e. The first kappa shape index (κ1) is 15.9. The molecule has 0 bridgehead atoms. The smallest absolute Gasteiger partial charge is 0.228 e. The summed E-state index contributed by atoms with van der Waals surface area (Å²) in [5, 5.41) is 7.20. The van der Waals surface area contributed by atoms with E-state index in [-0.39, 0.29) is 11.8 Å². The first-order chi connectivity index (χ1) is 10.0. The Morgan fingerprint density at radius 1 is 1.38 bits per heavy atom. The fraction of sp³-hybridized carbons (Fsp3) is 0.750. The average Bonchev–Trinajstić information content (AvgIpc) is 2.72. The Hall–Kier alpha value is -1.52. The van der Waals surface area contributed by atoms with Gasteiger partial charge in [0.1, 0.15) is 0 Å². The van der Waals surface area contributed by atoms with Crippen LogP contribution in [-0.4, -0.2) is 15.7 Å². The van der Waals surface area contributed by atoms with Crippen molar-refractivity contribution in [2.24, 2.45) is 18.9 Å². The number of hydrogen-bond acceptors (Lipinski definition) is 3. The van der Waals surface area contributed by atoms with Crippen LogP contribution in [0, 0.1) is 18.8 Å². The average molecular weight is 292 g/mol. The number of anilines is 2. The van der Waals surface area contributed by atoms with Crippen molar-refractivity contribution in [2.75, 3.05) is 11.1 Å². The van der Waals surface area contributed by atoms with E-state index in [4.69, 9.17) is 5.73 Å². The molecule has 1 fully saturated rings. The van der Waals surface area contributed by atoms with Crippen molar-refractivity contribution in [3.8, 4) is 0 Å². The number of amides is 1. The van der Waals surface area contributed by atoms with Gasteiger partial charge < -0.3 is 11.1 Å². The molecule has 1 heterocycles. The molecular formula is C16H28N4O. The molecular weight excluding hydrogens is 264 g/mol. The van der Waals surface area contributed by atoms with Crippen LogP contribution >= 0.6 is 0 Å². The van der Waals surface area contributed by atoms with Crippen LogP contribution in [0.5, 0.6) is 0 Å². The summed E-state index contributed by atoms with van der Waals surface area (Å²) in [7, 11) is 1.81. The van der Waals surface area contributed by atoms with Crippen molar-refractivity contribution in [3.05, 3.63) is 5.69 Å². The van der Waals surface area contributed by atoms with Crippen LogP contribution in [0.4, 0.5) is 11.5 Å². The standard InChI is InChI=1S/C16H28N4O/c1-4-5-6-12-7-9-13(10-8-12)16(21)18-15-14(17)11(2)19-20(15)3/h12-13H,4-10,17H2,1-3H3,(H,18,21). The molecule has 1 saturated carbocycles. The Morgan fingerprint density at radius 2 is 2.05 bits per heavy atom. The Morgan fingerprint density at radius 3 is 2.57 bits per heavy atom. The third-order valence-electron chi connectivity index (χ3n) is 4.69. The van der Waals surface area contributed by atoms with Crippen LogP contribution in [0.25, 0.3) is 0 Å². The third kappa shape index (κ3) is 3.77. The number of carbonyl (C=O) groups is 1. The second-order valence-corrected chi connectivity index (χ2v) is 6.32. The maximum absolute atomic E-state index is 12.4. The predicted molar refractivity (Wildman–Crippen MR) is 86.0 cm³/mol. The number of nitrogens with two attached hydrogens (primary N) is 1. The van der Waals surface area contributed by atoms with E-state index < -0.39 is 0 Å². The highest BCUT2D eigenvalue weighted by Gasteiger charge is 2.27. The van der Waals surface area contributed by atoms with Gasteiger partial charge in [-0.15, -0.1) is 0 Å². The quantitative estimate of drug-likeness (QED) is 0.875. The van der Waals surface area contributed by atoms with Gasteiger partial charge in [-0.2, -0.15) is 5.10 Å². The highest BCUT2D eigenvalue weighted by molar-refractivity contribution is 5.94. The van der Waals surface area contributed by atoms with Crippen molar-refractivity contribution in [1.82, 2.24) is 9.78 Å². The summed E-state index contributed by atoms with van der Waals surface area (Å²) in [6, 6.07) is 0. The highest BCUT2D eigenvalue weighted by atomic mass is 16.2. The molecule has 5 nitrogen and oxygen atoms in total. The monoisotopic (exact) mass is 292 g/mol. The number of rotatable bonds is 5. The first-order valence-corrected chi connectivity index (χ1v) is 8.12. The summed E-state index contributed by atoms with van der Waals surface area (Å²) < 4.78 is 1.65. The Kier molecular flexibility index (Phi) is 5.26. The SMILES string of the molecule is CCCCC1CCC(C(=O)Nc2c(N)c(C)nn2C)CC1. The Balaban J connectivity index is 1.88. The number of aromatic nitrogens is 2. The van der Waals surface area contributed by atoms with Crippen LogP contribution in [0.3, 0.4) is 0 Å². The molecule has 0 saturated heterocycles. The second-order valence-electron chi connectivity index (χ2n) is 6.32. The summed E-state index contributed by atoms with van der Waals surface area (Å²) in [4.78, 5) is 12.4. The van der Waals surface area contributed by atoms with Crippen LogP contribution in [-0.2, 0) is 11.8 Å². The molecule has 1 aromatic rings. The van der Waals surface area contributed by atoms with Gasteiger partial charge in [0.15, 0.2) is 5.82 Å². The lowest BCUT2D eigenvalue weighted by Gasteiger charge is -2.27. The molecule has 21 heavy (non-hydrogen) atoms. The van der Waals surface area contributed by atoms with E-state index in [1.807, 2.05) is 6.92 Å². The van der Waals surface area contributed by atoms with E-state index in [9.17, 15) is 4.79 Å². The molecule has 0 unspecified atom stereocenters. The molecule has 118 valence electrons. The van der Waals surface area contributed by atoms with Crippen molar-refractivity contribution in [2.45, 2.75) is 58.8 Å². The van der Waals surface area contributed by atoms with E-state index >= 15 is 0 Å². The fourth-order valence-corrected chi connectivity index (χ4v) is 3.25. The Bertz CT molecular complexity index is 487. The molecule has 5 heteroatoms. The topological polar surface area (TPSA) is 72.9 Å². The molecule has 0 aromatic carbocycles. The maximum atomic E-state index is 12.4. The lowest BCUT2D eigenvalue weighted by molar-refractivity contribution is -0.121. The normalized spacial score (nSPS) is 22.2. The van der Waals surface area contributed by atoms with Gasteiger partial charge in [-0.1, -0.05) is 26.2 Å². The van der Waals surface area contributed by atoms with Crippen molar-refractivity contribution < 1.29 is 4.79 Å². The van der Waals surface area contributed by atoms with Crippen LogP contribution in [0.15, 0.2) is 0 Å². The van der Waals surface area contributed by atoms with E-state index in [1.54, 1.807) is 11.7 Å². The molecule has 3 N–H and O–H groups in total. The van der Waals surface area contributed by atoms with E-state index in [1.165, 1.54) is 32.1 Å². The number of nitrogens with zero attached hydrogens (tertiary/aromatic N) is 2. The number of nitrogen functional groups attached to an aromatic ring is 1. The minimum absolute atomic E-state index is 0.0960. The molecule has 0 atom stereocenters. The second kappa shape index (κ2) is 6.96. The summed E-state index contributed by atoms with van der Waals surface area (Å²) in [6.07, 6.45) is 8.24. The van der Waals surface area contributed by atoms with E-state index in [2.05, 4.69) is 17.3 Å². The summed E-state index contributed by atoms with van der Waals surface area (Å²) >= 11 is 0. The van der Waals surface area contributed by atoms with Gasteiger partial charge in [-0.25, -0.2) is 0 Å². The number of aryl methyl sites for hydroxylation is 2. The molecule has 0 radical (unpaired) electrons. The summed E-state index contributed by atoms with van der Waals surface area (Å²) in [6.45, 7) is 4.09. The molecule has 0 spiro atoms. The lowest BCUT2D eigenvalue weighted by atomic mass is 9.79. The summed E-state index contributed by atoms with van der Waals surface area (Å²) in [5.74, 6) is 1.67. The van der Waals surface area contributed by atoms with Gasteiger partial charge in [0.25, 0.3) is 0 Å². The van der Waals surface area contributed by atoms with Gasteiger partial charge >= 0.3 is 0 Å². The summed E-state index contributed by atoms with van der Waals surface area (Å²) in [5.41, 5.74) is 7.29. The molecule has 1 amide bonds. The fourth-order valence-electron chi connectivity index (χ4n) is 3.25. The van der Waals surface area contributed by atoms with E-state index in [0.717, 1.165) is 24.5 Å². The van der Waals surface area contributed by atoms with Gasteiger partial charge in [-0.05, 0) is 38.5 Å². The zero-order valence-electron chi connectivity index (χ0n) is 13.5. The number of nitrogens with one attached hydrogen (secondary N) is 1. The molecule has 1 aliphatic carbocycles. The minimum atomic E-state index is 0.0960. The van der Waals surface area contributed by atoms with Gasteiger partial charge in [0.2, 0.25) is 5.91 Å². The van der Waals surface area contributed by atoms with E-state index in [0.29, 0.717) is 11.5 Å². The zero-order valence-corrected chi connectivity index (χ0v) is 13.5. The van der Waals surface area contributed by atoms with Crippen molar-refractivity contribution >= 4 is 17.4 Å². The van der Waals surface area contributed by atoms with Crippen LogP contribution < -0.4 is 11.1 Å². The zero-order chi connectivity index (χ0) is 15.4. The van der Waals surface area contributed by atoms with Crippen molar-refractivity contribution in [3.63, 3.8) is 0 Å². The van der Waals surface area contributed by atoms with Gasteiger partial charge in [0, 0.05) is 13.0 Å². The molecule has 2 rings (SSSR count). The van der Waals surface area contributed by atoms with Crippen LogP contribution in [0.2, 0.25) is 0 Å². The lowest BCUT2D eigenvalue weighted by Crippen LogP contribution is -2.28. The molecule has 0 aliphatic heterocycles. The molecule has 1 aliphatic rings. The Labute approximate surface area is 127 Å². The predicted octanol–water partition coefficient (Wildman–Crippen LogP) is 3.25. The van der Waals surface area contributed by atoms with Crippen LogP contribution in [0.1, 0.15) is 57.6 Å². The number of unbranched alkanes of at least 4 members (excludes halogenated alkanes) is 1. The number of carbonyl (C=O) groups excluding carboxylic acids is 1. The highest BCUT2D eigenvalue weighted by Crippen LogP contribution is 2.33. The van der Waals surface area contributed by atoms with Gasteiger partial charge in [0.05, 0.1) is 11.4 Å². The maximum Gasteiger partial charge on any atom is 0.228 e. The molecule has 1 aromatic heterocycles. The largest absolute Gasteiger partial charge is 0.394 e. The van der Waals surface area contributed by atoms with Gasteiger partial charge in [-0.3, -0.25) is 9.48 Å². The first-order valence-electron chi connectivity index (χ1n) is 8.12.